The molecule has 2 N–H and O–H groups in total. The number of amides is 1. The van der Waals surface area contributed by atoms with Gasteiger partial charge in [0.05, 0.1) is 11.2 Å². The number of aliphatic hydroxyl groups is 1. The number of rotatable bonds is 9. The third-order valence-electron chi connectivity index (χ3n) is 14.9. The van der Waals surface area contributed by atoms with Crippen LogP contribution in [-0.2, 0) is 23.0 Å². The van der Waals surface area contributed by atoms with Crippen molar-refractivity contribution in [2.45, 2.75) is 108 Å². The maximum atomic E-state index is 14.1. The molecule has 264 valence electrons. The van der Waals surface area contributed by atoms with Crippen molar-refractivity contribution in [2.24, 2.45) is 22.7 Å². The maximum Gasteiger partial charge on any atom is 0.255 e. The van der Waals surface area contributed by atoms with Crippen molar-refractivity contribution in [2.75, 3.05) is 26.7 Å². The van der Waals surface area contributed by atoms with Crippen molar-refractivity contribution in [3.8, 4) is 16.9 Å². The number of benzene rings is 3. The van der Waals surface area contributed by atoms with Gasteiger partial charge in [0.1, 0.15) is 17.5 Å². The predicted molar refractivity (Wildman–Crippen MR) is 196 cm³/mol. The highest BCUT2D eigenvalue weighted by Crippen LogP contribution is 2.77. The van der Waals surface area contributed by atoms with E-state index in [4.69, 9.17) is 9.47 Å². The molecule has 2 spiro atoms. The topological polar surface area (TPSA) is 71.0 Å². The SMILES string of the molecule is CO[C@@]12CCC3(CC1[C@@](C)(O)C(C)(C)C)C1Cc4ccc(C(=O)NCCc5ccc(-c6ccccc6)cc5)c5c4C3(CCN1CC1CC1)C2O5. The number of carbonyl (C=O) groups excluding carboxylic acids is 1. The molecule has 2 aliphatic heterocycles. The van der Waals surface area contributed by atoms with E-state index in [1.165, 1.54) is 47.2 Å². The third kappa shape index (κ3) is 4.40. The Morgan fingerprint density at radius 2 is 1.72 bits per heavy atom. The molecule has 6 nitrogen and oxygen atoms in total. The van der Waals surface area contributed by atoms with E-state index in [1.54, 1.807) is 0 Å². The molecule has 7 atom stereocenters. The van der Waals surface area contributed by atoms with E-state index in [0.29, 0.717) is 18.2 Å². The predicted octanol–water partition coefficient (Wildman–Crippen LogP) is 7.35. The molecule has 3 aromatic rings. The van der Waals surface area contributed by atoms with Crippen LogP contribution in [0.2, 0.25) is 0 Å². The van der Waals surface area contributed by atoms with Crippen LogP contribution < -0.4 is 10.1 Å². The molecule has 0 aromatic heterocycles. The first kappa shape index (κ1) is 32.7. The Labute approximate surface area is 297 Å². The van der Waals surface area contributed by atoms with Gasteiger partial charge in [-0.15, -0.1) is 0 Å². The zero-order valence-corrected chi connectivity index (χ0v) is 30.6. The minimum absolute atomic E-state index is 0.0374. The minimum atomic E-state index is -0.967. The summed E-state index contributed by atoms with van der Waals surface area (Å²) in [7, 11) is 1.84. The first-order chi connectivity index (χ1) is 23.9. The average Bonchev–Trinajstić information content (AvgIpc) is 3.86. The summed E-state index contributed by atoms with van der Waals surface area (Å²) in [6, 6.07) is 23.7. The van der Waals surface area contributed by atoms with Crippen molar-refractivity contribution in [1.29, 1.82) is 0 Å². The van der Waals surface area contributed by atoms with Crippen LogP contribution in [0.3, 0.4) is 0 Å². The number of piperidine rings is 1. The monoisotopic (exact) mass is 674 g/mol. The van der Waals surface area contributed by atoms with Crippen molar-refractivity contribution in [3.05, 3.63) is 89.0 Å². The van der Waals surface area contributed by atoms with E-state index in [2.05, 4.69) is 85.6 Å². The smallest absolute Gasteiger partial charge is 0.255 e. The summed E-state index contributed by atoms with van der Waals surface area (Å²) >= 11 is 0. The van der Waals surface area contributed by atoms with Gasteiger partial charge in [-0.1, -0.05) is 81.4 Å². The molecule has 5 fully saturated rings. The Hall–Kier alpha value is -3.19. The lowest BCUT2D eigenvalue weighted by Crippen LogP contribution is -2.83. The molecule has 5 aliphatic carbocycles. The fraction of sp³-hybridized carbons (Fsp3) is 0.568. The van der Waals surface area contributed by atoms with Gasteiger partial charge < -0.3 is 19.9 Å². The Bertz CT molecular complexity index is 1810. The Morgan fingerprint density at radius 3 is 2.42 bits per heavy atom. The molecular weight excluding hydrogens is 620 g/mol. The van der Waals surface area contributed by atoms with E-state index in [-0.39, 0.29) is 34.2 Å². The van der Waals surface area contributed by atoms with Crippen molar-refractivity contribution in [3.63, 3.8) is 0 Å². The summed E-state index contributed by atoms with van der Waals surface area (Å²) in [5.41, 5.74) is 4.67. The standard InChI is InChI=1S/C44H54N2O4/c1-40(2,3)41(4,48)34-26-42-20-21-44(34,49-5)39-43(42)22-24-46(27-29-11-12-29)35(42)25-32-17-18-33(37(50-39)36(32)43)38(47)45-23-19-28-13-15-31(16-14-28)30-9-7-6-8-10-30/h6-10,13-18,29,34-35,39,48H,11-12,19-27H2,1-5H3,(H,45,47)/t34?,35?,39?,41-,42?,43?,44+/m1/s1. The molecule has 4 saturated carbocycles. The Kier molecular flexibility index (Phi) is 7.29. The number of ether oxygens (including phenoxy) is 2. The third-order valence-corrected chi connectivity index (χ3v) is 14.9. The van der Waals surface area contributed by atoms with Crippen LogP contribution >= 0.6 is 0 Å². The Balaban J connectivity index is 1.06. The van der Waals surface area contributed by atoms with Crippen molar-refractivity contribution in [1.82, 2.24) is 10.2 Å². The zero-order chi connectivity index (χ0) is 34.7. The first-order valence-corrected chi connectivity index (χ1v) is 19.2. The summed E-state index contributed by atoms with van der Waals surface area (Å²) in [6.07, 6.45) is 8.08. The fourth-order valence-corrected chi connectivity index (χ4v) is 11.7. The van der Waals surface area contributed by atoms with E-state index < -0.39 is 11.2 Å². The molecule has 1 saturated heterocycles. The number of nitrogens with zero attached hydrogens (tertiary/aromatic N) is 1. The van der Waals surface area contributed by atoms with Gasteiger partial charge in [0.15, 0.2) is 0 Å². The fourth-order valence-electron chi connectivity index (χ4n) is 11.7. The number of hydrogen-bond donors (Lipinski definition) is 2. The largest absolute Gasteiger partial charge is 0.485 e. The van der Waals surface area contributed by atoms with Gasteiger partial charge >= 0.3 is 0 Å². The molecule has 0 radical (unpaired) electrons. The molecule has 10 rings (SSSR count). The number of hydrogen-bond acceptors (Lipinski definition) is 5. The highest BCUT2D eigenvalue weighted by Gasteiger charge is 2.82. The highest BCUT2D eigenvalue weighted by molar-refractivity contribution is 5.98. The lowest BCUT2D eigenvalue weighted by atomic mass is 9.33. The number of fused-ring (bicyclic) bond motifs is 2. The quantitative estimate of drug-likeness (QED) is 0.249. The molecule has 3 aromatic carbocycles. The van der Waals surface area contributed by atoms with Gasteiger partial charge in [-0.25, -0.2) is 0 Å². The summed E-state index contributed by atoms with van der Waals surface area (Å²) in [6.45, 7) is 11.3. The van der Waals surface area contributed by atoms with E-state index in [9.17, 15) is 9.90 Å². The van der Waals surface area contributed by atoms with Crippen molar-refractivity contribution < 1.29 is 19.4 Å². The van der Waals surface area contributed by atoms with Gasteiger partial charge in [0.25, 0.3) is 5.91 Å². The molecule has 1 amide bonds. The van der Waals surface area contributed by atoms with Gasteiger partial charge in [0.2, 0.25) is 0 Å². The lowest BCUT2D eigenvalue weighted by Gasteiger charge is -2.75. The van der Waals surface area contributed by atoms with Crippen LogP contribution in [0, 0.1) is 22.7 Å². The van der Waals surface area contributed by atoms with Crippen molar-refractivity contribution >= 4 is 5.91 Å². The lowest BCUT2D eigenvalue weighted by molar-refractivity contribution is -0.312. The molecule has 50 heavy (non-hydrogen) atoms. The summed E-state index contributed by atoms with van der Waals surface area (Å²) in [5.74, 6) is 1.45. The van der Waals surface area contributed by atoms with Crippen LogP contribution in [0.15, 0.2) is 66.7 Å². The van der Waals surface area contributed by atoms with E-state index >= 15 is 0 Å². The molecule has 7 aliphatic rings. The second-order valence-electron chi connectivity index (χ2n) is 17.9. The molecule has 4 bridgehead atoms. The second-order valence-corrected chi connectivity index (χ2v) is 17.9. The summed E-state index contributed by atoms with van der Waals surface area (Å²) in [5, 5.41) is 15.8. The Morgan fingerprint density at radius 1 is 0.980 bits per heavy atom. The van der Waals surface area contributed by atoms with Crippen LogP contribution in [0.1, 0.15) is 93.3 Å². The maximum absolute atomic E-state index is 14.1. The molecule has 5 unspecified atom stereocenters. The number of methoxy groups -OCH3 is 1. The minimum Gasteiger partial charge on any atom is -0.485 e. The van der Waals surface area contributed by atoms with Crippen LogP contribution in [0.5, 0.6) is 5.75 Å². The van der Waals surface area contributed by atoms with Gasteiger partial charge in [-0.05, 0) is 104 Å². The summed E-state index contributed by atoms with van der Waals surface area (Å²) in [4.78, 5) is 16.9. The average molecular weight is 675 g/mol. The van der Waals surface area contributed by atoms with Gasteiger partial charge in [-0.2, -0.15) is 0 Å². The van der Waals surface area contributed by atoms with Crippen LogP contribution in [0.4, 0.5) is 0 Å². The number of nitrogens with one attached hydrogen (secondary N) is 1. The van der Waals surface area contributed by atoms with Crippen LogP contribution in [0.25, 0.3) is 11.1 Å². The van der Waals surface area contributed by atoms with E-state index in [0.717, 1.165) is 56.7 Å². The van der Waals surface area contributed by atoms with Gasteiger partial charge in [0, 0.05) is 48.6 Å². The summed E-state index contributed by atoms with van der Waals surface area (Å²) < 4.78 is 14.1. The highest BCUT2D eigenvalue weighted by atomic mass is 16.6. The first-order valence-electron chi connectivity index (χ1n) is 19.2. The molecule has 6 heteroatoms. The molecular formula is C44H54N2O4. The molecule has 2 heterocycles. The van der Waals surface area contributed by atoms with Gasteiger partial charge in [-0.3, -0.25) is 9.69 Å². The number of likely N-dealkylation sites (tertiary alicyclic amines) is 1. The van der Waals surface area contributed by atoms with E-state index in [1.807, 2.05) is 26.2 Å². The van der Waals surface area contributed by atoms with Crippen LogP contribution in [-0.4, -0.2) is 66.0 Å². The zero-order valence-electron chi connectivity index (χ0n) is 30.6. The normalized spacial score (nSPS) is 33.4. The second kappa shape index (κ2) is 11.2. The number of carbonyl (C=O) groups is 1.